The smallest absolute Gasteiger partial charge is 0.317 e. The van der Waals surface area contributed by atoms with E-state index in [9.17, 15) is 21.6 Å². The van der Waals surface area contributed by atoms with Gasteiger partial charge in [-0.2, -0.15) is 13.2 Å². The summed E-state index contributed by atoms with van der Waals surface area (Å²) in [7, 11) is -4.35. The van der Waals surface area contributed by atoms with Gasteiger partial charge in [0.05, 0.1) is 10.5 Å². The van der Waals surface area contributed by atoms with Crippen molar-refractivity contribution in [3.63, 3.8) is 0 Å². The van der Waals surface area contributed by atoms with Crippen LogP contribution in [0.1, 0.15) is 37.3 Å². The van der Waals surface area contributed by atoms with Crippen molar-refractivity contribution in [2.45, 2.75) is 48.8 Å². The molecule has 1 aromatic carbocycles. The van der Waals surface area contributed by atoms with Crippen molar-refractivity contribution >= 4 is 21.5 Å². The number of aromatic nitrogens is 5. The van der Waals surface area contributed by atoms with Crippen molar-refractivity contribution < 1.29 is 21.6 Å². The molecule has 1 fully saturated rings. The second-order valence-electron chi connectivity index (χ2n) is 8.25. The summed E-state index contributed by atoms with van der Waals surface area (Å²) in [5.74, 6) is 0.321. The zero-order chi connectivity index (χ0) is 23.9. The van der Waals surface area contributed by atoms with Crippen LogP contribution in [0.5, 0.6) is 0 Å². The minimum atomic E-state index is -4.66. The minimum absolute atomic E-state index is 0.0325. The van der Waals surface area contributed by atoms with E-state index in [0.717, 1.165) is 25.0 Å². The molecule has 0 saturated heterocycles. The number of hydrogen-bond acceptors (Lipinski definition) is 5. The fraction of sp³-hybridized carbons (Fsp3) is 0.318. The highest BCUT2D eigenvalue weighted by atomic mass is 32.2. The SMILES string of the molecule is O=S(=O)(c1cccc(C(F)(F)F)c1)N(c1cccc2nccn12)[C@H]1CCC[C@@H](n2cnnc2)C1. The zero-order valence-corrected chi connectivity index (χ0v) is 18.7. The van der Waals surface area contributed by atoms with Gasteiger partial charge in [-0.05, 0) is 56.0 Å². The van der Waals surface area contributed by atoms with Crippen LogP contribution < -0.4 is 4.31 Å². The molecule has 8 nitrogen and oxygen atoms in total. The lowest BCUT2D eigenvalue weighted by molar-refractivity contribution is -0.137. The first-order chi connectivity index (χ1) is 16.2. The molecular formula is C22H21F3N6O2S. The predicted octanol–water partition coefficient (Wildman–Crippen LogP) is 4.32. The van der Waals surface area contributed by atoms with Gasteiger partial charge in [0, 0.05) is 24.5 Å². The van der Waals surface area contributed by atoms with E-state index >= 15 is 0 Å². The average Bonchev–Trinajstić information content (AvgIpc) is 3.52. The molecule has 0 amide bonds. The van der Waals surface area contributed by atoms with Crippen molar-refractivity contribution in [1.82, 2.24) is 24.1 Å². The van der Waals surface area contributed by atoms with Crippen LogP contribution in [0.15, 0.2) is 72.4 Å². The number of fused-ring (bicyclic) bond motifs is 1. The molecule has 0 N–H and O–H groups in total. The monoisotopic (exact) mass is 490 g/mol. The Hall–Kier alpha value is -3.41. The van der Waals surface area contributed by atoms with Gasteiger partial charge in [0.25, 0.3) is 10.0 Å². The maximum absolute atomic E-state index is 14.0. The highest BCUT2D eigenvalue weighted by Crippen LogP contribution is 2.38. The molecule has 0 spiro atoms. The highest BCUT2D eigenvalue weighted by molar-refractivity contribution is 7.92. The summed E-state index contributed by atoms with van der Waals surface area (Å²) in [6.07, 6.45) is 4.29. The lowest BCUT2D eigenvalue weighted by atomic mass is 9.91. The Labute approximate surface area is 193 Å². The van der Waals surface area contributed by atoms with E-state index in [4.69, 9.17) is 0 Å². The van der Waals surface area contributed by atoms with E-state index in [1.807, 2.05) is 4.57 Å². The molecule has 0 aliphatic heterocycles. The van der Waals surface area contributed by atoms with E-state index in [0.29, 0.717) is 30.4 Å². The molecule has 1 saturated carbocycles. The number of hydrogen-bond donors (Lipinski definition) is 0. The standard InChI is InChI=1S/C22H21F3N6O2S/c23-22(24,25)16-4-1-7-19(12-16)34(32,33)31(21-9-3-8-20-26-10-11-30(20)21)18-6-2-5-17(13-18)29-14-27-28-15-29/h1,3-4,7-12,14-15,17-18H,2,5-6,13H2/t17-,18+/m1/s1. The summed E-state index contributed by atoms with van der Waals surface area (Å²) >= 11 is 0. The first-order valence-corrected chi connectivity index (χ1v) is 12.2. The molecule has 1 aliphatic rings. The van der Waals surface area contributed by atoms with Crippen LogP contribution in [0.2, 0.25) is 0 Å². The number of alkyl halides is 3. The van der Waals surface area contributed by atoms with Gasteiger partial charge in [0.2, 0.25) is 0 Å². The number of rotatable bonds is 5. The molecule has 1 aliphatic carbocycles. The third-order valence-electron chi connectivity index (χ3n) is 6.16. The second-order valence-corrected chi connectivity index (χ2v) is 10.1. The van der Waals surface area contributed by atoms with Crippen LogP contribution in [-0.2, 0) is 16.2 Å². The maximum atomic E-state index is 14.0. The second kappa shape index (κ2) is 8.42. The molecule has 0 bridgehead atoms. The van der Waals surface area contributed by atoms with Crippen molar-refractivity contribution in [3.8, 4) is 0 Å². The molecule has 34 heavy (non-hydrogen) atoms. The molecule has 3 heterocycles. The summed E-state index contributed by atoms with van der Waals surface area (Å²) in [6.45, 7) is 0. The van der Waals surface area contributed by atoms with E-state index in [-0.39, 0.29) is 6.04 Å². The van der Waals surface area contributed by atoms with E-state index < -0.39 is 32.7 Å². The first-order valence-electron chi connectivity index (χ1n) is 10.7. The molecule has 5 rings (SSSR count). The lowest BCUT2D eigenvalue weighted by Gasteiger charge is -2.38. The fourth-order valence-electron chi connectivity index (χ4n) is 4.58. The van der Waals surface area contributed by atoms with Gasteiger partial charge in [-0.3, -0.25) is 4.40 Å². The van der Waals surface area contributed by atoms with E-state index in [2.05, 4.69) is 15.2 Å². The summed E-state index contributed by atoms with van der Waals surface area (Å²) < 4.78 is 72.8. The Kier molecular flexibility index (Phi) is 5.54. The first kappa shape index (κ1) is 22.4. The number of nitrogens with zero attached hydrogens (tertiary/aromatic N) is 6. The van der Waals surface area contributed by atoms with Gasteiger partial charge >= 0.3 is 6.18 Å². The van der Waals surface area contributed by atoms with Crippen LogP contribution in [0.3, 0.4) is 0 Å². The quantitative estimate of drug-likeness (QED) is 0.416. The topological polar surface area (TPSA) is 85.4 Å². The number of sulfonamides is 1. The number of pyridine rings is 1. The van der Waals surface area contributed by atoms with Crippen molar-refractivity contribution in [3.05, 3.63) is 73.1 Å². The van der Waals surface area contributed by atoms with Gasteiger partial charge in [-0.1, -0.05) is 12.1 Å². The van der Waals surface area contributed by atoms with Crippen LogP contribution in [0, 0.1) is 0 Å². The zero-order valence-electron chi connectivity index (χ0n) is 17.9. The van der Waals surface area contributed by atoms with Crippen LogP contribution in [0.4, 0.5) is 19.0 Å². The molecule has 3 aromatic heterocycles. The summed E-state index contributed by atoms with van der Waals surface area (Å²) in [5, 5.41) is 7.70. The highest BCUT2D eigenvalue weighted by Gasteiger charge is 2.38. The van der Waals surface area contributed by atoms with Gasteiger partial charge in [-0.15, -0.1) is 10.2 Å². The Balaban J connectivity index is 1.64. The van der Waals surface area contributed by atoms with Gasteiger partial charge < -0.3 is 4.57 Å². The van der Waals surface area contributed by atoms with Gasteiger partial charge in [0.1, 0.15) is 24.1 Å². The number of anilines is 1. The molecule has 178 valence electrons. The fourth-order valence-corrected chi connectivity index (χ4v) is 6.32. The predicted molar refractivity (Wildman–Crippen MR) is 118 cm³/mol. The lowest BCUT2D eigenvalue weighted by Crippen LogP contribution is -2.44. The molecule has 0 radical (unpaired) electrons. The summed E-state index contributed by atoms with van der Waals surface area (Å²) in [6, 6.07) is 8.41. The van der Waals surface area contributed by atoms with Crippen molar-refractivity contribution in [1.29, 1.82) is 0 Å². The van der Waals surface area contributed by atoms with Crippen LogP contribution >= 0.6 is 0 Å². The number of benzene rings is 1. The van der Waals surface area contributed by atoms with Gasteiger partial charge in [0.15, 0.2) is 0 Å². The summed E-state index contributed by atoms with van der Waals surface area (Å²) in [5.41, 5.74) is -0.478. The van der Waals surface area contributed by atoms with Crippen LogP contribution in [-0.4, -0.2) is 38.6 Å². The normalized spacial score (nSPS) is 19.4. The molecule has 4 aromatic rings. The number of imidazole rings is 1. The molecular weight excluding hydrogens is 469 g/mol. The molecule has 12 heteroatoms. The molecule has 2 atom stereocenters. The van der Waals surface area contributed by atoms with E-state index in [1.54, 1.807) is 47.6 Å². The Morgan fingerprint density at radius 3 is 2.56 bits per heavy atom. The van der Waals surface area contributed by atoms with Crippen molar-refractivity contribution in [2.75, 3.05) is 4.31 Å². The number of halogens is 3. The minimum Gasteiger partial charge on any atom is -0.317 e. The Morgan fingerprint density at radius 2 is 1.79 bits per heavy atom. The van der Waals surface area contributed by atoms with Crippen molar-refractivity contribution in [2.24, 2.45) is 0 Å². The van der Waals surface area contributed by atoms with E-state index in [1.165, 1.54) is 10.4 Å². The average molecular weight is 491 g/mol. The Bertz CT molecular complexity index is 1400. The largest absolute Gasteiger partial charge is 0.416 e. The van der Waals surface area contributed by atoms with Gasteiger partial charge in [-0.25, -0.2) is 17.7 Å². The third kappa shape index (κ3) is 4.02. The Morgan fingerprint density at radius 1 is 1.03 bits per heavy atom. The third-order valence-corrected chi connectivity index (χ3v) is 8.01. The maximum Gasteiger partial charge on any atom is 0.416 e. The molecule has 0 unspecified atom stereocenters. The summed E-state index contributed by atoms with van der Waals surface area (Å²) in [4.78, 5) is 3.82. The van der Waals surface area contributed by atoms with Crippen LogP contribution in [0.25, 0.3) is 5.65 Å².